The minimum absolute atomic E-state index is 0.0124. The Morgan fingerprint density at radius 3 is 2.50 bits per heavy atom. The molecule has 7 nitrogen and oxygen atoms in total. The van der Waals surface area contributed by atoms with Crippen LogP contribution in [0, 0.1) is 0 Å². The fourth-order valence-corrected chi connectivity index (χ4v) is 3.93. The molecule has 0 unspecified atom stereocenters. The Labute approximate surface area is 156 Å². The average Bonchev–Trinajstić information content (AvgIpc) is 3.14. The summed E-state index contributed by atoms with van der Waals surface area (Å²) in [7, 11) is 0.470. The van der Waals surface area contributed by atoms with Crippen molar-refractivity contribution in [3.8, 4) is 5.75 Å². The molecule has 0 bridgehead atoms. The van der Waals surface area contributed by atoms with E-state index in [0.29, 0.717) is 10.6 Å². The van der Waals surface area contributed by atoms with Gasteiger partial charge in [0.2, 0.25) is 15.9 Å². The summed E-state index contributed by atoms with van der Waals surface area (Å²) in [6.45, 7) is 0. The molecule has 140 valence electrons. The van der Waals surface area contributed by atoms with Crippen molar-refractivity contribution < 1.29 is 22.7 Å². The molecule has 0 aliphatic rings. The minimum atomic E-state index is -3.73. The van der Waals surface area contributed by atoms with E-state index in [2.05, 4.69) is 5.32 Å². The molecule has 2 aromatic rings. The Bertz CT molecular complexity index is 890. The van der Waals surface area contributed by atoms with Gasteiger partial charge in [-0.3, -0.25) is 9.59 Å². The number of hydrogen-bond donors (Lipinski definition) is 1. The lowest BCUT2D eigenvalue weighted by molar-refractivity contribution is -0.116. The van der Waals surface area contributed by atoms with Gasteiger partial charge >= 0.3 is 0 Å². The first-order chi connectivity index (χ1) is 12.3. The van der Waals surface area contributed by atoms with Gasteiger partial charge < -0.3 is 10.1 Å². The number of carbonyl (C=O) groups excluding carboxylic acids is 2. The van der Waals surface area contributed by atoms with Crippen molar-refractivity contribution in [3.63, 3.8) is 0 Å². The van der Waals surface area contributed by atoms with Crippen molar-refractivity contribution in [1.29, 1.82) is 0 Å². The molecule has 0 spiro atoms. The number of ketones is 1. The number of methoxy groups -OCH3 is 1. The quantitative estimate of drug-likeness (QED) is 0.693. The van der Waals surface area contributed by atoms with E-state index in [9.17, 15) is 18.0 Å². The van der Waals surface area contributed by atoms with Crippen molar-refractivity contribution in [1.82, 2.24) is 4.31 Å². The van der Waals surface area contributed by atoms with Gasteiger partial charge in [-0.15, -0.1) is 11.3 Å². The molecule has 1 aromatic heterocycles. The van der Waals surface area contributed by atoms with Crippen molar-refractivity contribution in [2.75, 3.05) is 26.5 Å². The summed E-state index contributed by atoms with van der Waals surface area (Å²) in [6.07, 6.45) is 0.101. The molecule has 1 heterocycles. The number of hydrogen-bond acceptors (Lipinski definition) is 6. The number of thiophene rings is 1. The molecule has 0 radical (unpaired) electrons. The summed E-state index contributed by atoms with van der Waals surface area (Å²) in [6, 6.07) is 7.86. The van der Waals surface area contributed by atoms with Crippen LogP contribution in [-0.2, 0) is 14.8 Å². The van der Waals surface area contributed by atoms with E-state index in [1.54, 1.807) is 23.6 Å². The van der Waals surface area contributed by atoms with Crippen LogP contribution in [0.4, 0.5) is 5.69 Å². The first-order valence-corrected chi connectivity index (χ1v) is 10.0. The second-order valence-corrected chi connectivity index (χ2v) is 8.67. The Kier molecular flexibility index (Phi) is 6.52. The molecule has 0 atom stereocenters. The zero-order valence-corrected chi connectivity index (χ0v) is 16.3. The number of nitrogens with zero attached hydrogens (tertiary/aromatic N) is 1. The van der Waals surface area contributed by atoms with Crippen LogP contribution < -0.4 is 10.1 Å². The molecule has 0 saturated heterocycles. The molecular weight excluding hydrogens is 376 g/mol. The summed E-state index contributed by atoms with van der Waals surface area (Å²) in [5, 5.41) is 4.42. The van der Waals surface area contributed by atoms with Gasteiger partial charge in [-0.25, -0.2) is 12.7 Å². The molecule has 26 heavy (non-hydrogen) atoms. The zero-order valence-electron chi connectivity index (χ0n) is 14.7. The van der Waals surface area contributed by atoms with Gasteiger partial charge in [-0.05, 0) is 29.6 Å². The molecule has 1 amide bonds. The largest absolute Gasteiger partial charge is 0.495 e. The third-order valence-electron chi connectivity index (χ3n) is 3.58. The number of carbonyl (C=O) groups is 2. The van der Waals surface area contributed by atoms with Crippen LogP contribution in [0.2, 0.25) is 0 Å². The number of sulfonamides is 1. The molecule has 0 saturated carbocycles. The van der Waals surface area contributed by atoms with E-state index in [1.807, 2.05) is 0 Å². The summed E-state index contributed by atoms with van der Waals surface area (Å²) in [4.78, 5) is 24.6. The number of nitrogens with one attached hydrogen (secondary N) is 1. The van der Waals surface area contributed by atoms with Gasteiger partial charge in [0.25, 0.3) is 0 Å². The minimum Gasteiger partial charge on any atom is -0.495 e. The highest BCUT2D eigenvalue weighted by atomic mass is 32.2. The van der Waals surface area contributed by atoms with E-state index in [4.69, 9.17) is 4.74 Å². The Morgan fingerprint density at radius 2 is 1.92 bits per heavy atom. The second kappa shape index (κ2) is 8.43. The van der Waals surface area contributed by atoms with Crippen LogP contribution in [0.3, 0.4) is 0 Å². The van der Waals surface area contributed by atoms with E-state index >= 15 is 0 Å². The van der Waals surface area contributed by atoms with E-state index < -0.39 is 10.0 Å². The van der Waals surface area contributed by atoms with Gasteiger partial charge in [-0.2, -0.15) is 0 Å². The summed E-state index contributed by atoms with van der Waals surface area (Å²) >= 11 is 1.33. The molecule has 0 aliphatic heterocycles. The topological polar surface area (TPSA) is 92.8 Å². The third-order valence-corrected chi connectivity index (χ3v) is 6.33. The SMILES string of the molecule is COc1ccc(NC(=O)CCC(=O)c2cccs2)cc1S(=O)(=O)N(C)C. The number of benzene rings is 1. The van der Waals surface area contributed by atoms with E-state index in [-0.39, 0.29) is 35.2 Å². The number of rotatable bonds is 8. The van der Waals surface area contributed by atoms with Crippen LogP contribution in [0.1, 0.15) is 22.5 Å². The Balaban J connectivity index is 2.09. The van der Waals surface area contributed by atoms with Gasteiger partial charge in [0.1, 0.15) is 10.6 Å². The molecule has 2 rings (SSSR count). The normalized spacial score (nSPS) is 11.4. The van der Waals surface area contributed by atoms with Crippen molar-refractivity contribution in [2.45, 2.75) is 17.7 Å². The molecule has 1 N–H and O–H groups in total. The van der Waals surface area contributed by atoms with E-state index in [0.717, 1.165) is 4.31 Å². The average molecular weight is 396 g/mol. The monoisotopic (exact) mass is 396 g/mol. The Hall–Kier alpha value is -2.23. The van der Waals surface area contributed by atoms with Crippen LogP contribution in [0.25, 0.3) is 0 Å². The summed E-state index contributed by atoms with van der Waals surface area (Å²) in [5.74, 6) is -0.279. The smallest absolute Gasteiger partial charge is 0.246 e. The van der Waals surface area contributed by atoms with Crippen molar-refractivity contribution >= 4 is 38.7 Å². The van der Waals surface area contributed by atoms with Crippen LogP contribution in [-0.4, -0.2) is 45.6 Å². The fraction of sp³-hybridized carbons (Fsp3) is 0.294. The van der Waals surface area contributed by atoms with Crippen molar-refractivity contribution in [2.24, 2.45) is 0 Å². The predicted octanol–water partition coefficient (Wildman–Crippen LogP) is 2.61. The number of amides is 1. The standard InChI is InChI=1S/C17H20N2O5S2/c1-19(2)26(22,23)16-11-12(6-8-14(16)24-3)18-17(21)9-7-13(20)15-5-4-10-25-15/h4-6,8,10-11H,7,9H2,1-3H3,(H,18,21). The first-order valence-electron chi connectivity index (χ1n) is 7.73. The lowest BCUT2D eigenvalue weighted by Gasteiger charge is -2.16. The second-order valence-electron chi connectivity index (χ2n) is 5.60. The van der Waals surface area contributed by atoms with Gasteiger partial charge in [0, 0.05) is 32.6 Å². The van der Waals surface area contributed by atoms with Crippen LogP contribution >= 0.6 is 11.3 Å². The van der Waals surface area contributed by atoms with Gasteiger partial charge in [0.15, 0.2) is 5.78 Å². The van der Waals surface area contributed by atoms with E-state index in [1.165, 1.54) is 44.7 Å². The summed E-state index contributed by atoms with van der Waals surface area (Å²) in [5.41, 5.74) is 0.319. The Morgan fingerprint density at radius 1 is 1.19 bits per heavy atom. The highest BCUT2D eigenvalue weighted by Gasteiger charge is 2.23. The number of ether oxygens (including phenoxy) is 1. The van der Waals surface area contributed by atoms with Crippen molar-refractivity contribution in [3.05, 3.63) is 40.6 Å². The predicted molar refractivity (Wildman–Crippen MR) is 100 cm³/mol. The van der Waals surface area contributed by atoms with Gasteiger partial charge in [0.05, 0.1) is 12.0 Å². The first kappa shape index (κ1) is 20.1. The molecular formula is C17H20N2O5S2. The highest BCUT2D eigenvalue weighted by Crippen LogP contribution is 2.29. The molecule has 9 heteroatoms. The van der Waals surface area contributed by atoms with Gasteiger partial charge in [-0.1, -0.05) is 6.07 Å². The lowest BCUT2D eigenvalue weighted by Crippen LogP contribution is -2.23. The van der Waals surface area contributed by atoms with Crippen LogP contribution in [0.15, 0.2) is 40.6 Å². The molecule has 0 fully saturated rings. The number of Topliss-reactive ketones (excluding diaryl/α,β-unsaturated/α-hetero) is 1. The maximum Gasteiger partial charge on any atom is 0.246 e. The maximum atomic E-state index is 12.4. The third kappa shape index (κ3) is 4.69. The van der Waals surface area contributed by atoms with Crippen LogP contribution in [0.5, 0.6) is 5.75 Å². The number of anilines is 1. The molecule has 0 aliphatic carbocycles. The highest BCUT2D eigenvalue weighted by molar-refractivity contribution is 7.89. The maximum absolute atomic E-state index is 12.4. The zero-order chi connectivity index (χ0) is 19.3. The summed E-state index contributed by atoms with van der Waals surface area (Å²) < 4.78 is 30.9. The fourth-order valence-electron chi connectivity index (χ4n) is 2.16. The lowest BCUT2D eigenvalue weighted by atomic mass is 10.2. The molecule has 1 aromatic carbocycles.